The normalized spacial score (nSPS) is 19.5. The largest absolute Gasteiger partial charge is 0.360 e. The van der Waals surface area contributed by atoms with Crippen molar-refractivity contribution in [3.63, 3.8) is 0 Å². The molecule has 2 aliphatic rings. The van der Waals surface area contributed by atoms with Crippen LogP contribution in [-0.2, 0) is 10.2 Å². The van der Waals surface area contributed by atoms with Crippen molar-refractivity contribution in [3.05, 3.63) is 96.5 Å². The summed E-state index contributed by atoms with van der Waals surface area (Å²) in [7, 11) is 0. The van der Waals surface area contributed by atoms with Gasteiger partial charge in [0.15, 0.2) is 0 Å². The van der Waals surface area contributed by atoms with Crippen molar-refractivity contribution in [1.82, 2.24) is 4.90 Å². The Kier molecular flexibility index (Phi) is 6.55. The van der Waals surface area contributed by atoms with Crippen LogP contribution >= 0.6 is 57.4 Å². The number of piperazine rings is 1. The number of carbonyl (C=O) groups excluding carboxylic acids is 1. The molecule has 3 nitrogen and oxygen atoms in total. The Labute approximate surface area is 222 Å². The van der Waals surface area contributed by atoms with E-state index in [2.05, 4.69) is 51.8 Å². The Morgan fingerprint density at radius 3 is 2.18 bits per heavy atom. The van der Waals surface area contributed by atoms with E-state index in [1.165, 1.54) is 3.57 Å². The van der Waals surface area contributed by atoms with Gasteiger partial charge in [0.1, 0.15) is 0 Å². The number of hydrogen-bond donors (Lipinski definition) is 0. The van der Waals surface area contributed by atoms with E-state index in [0.29, 0.717) is 34.7 Å². The predicted octanol–water partition coefficient (Wildman–Crippen LogP) is 7.37. The fourth-order valence-electron chi connectivity index (χ4n) is 4.76. The number of hydrogen-bond acceptors (Lipinski definition) is 2. The van der Waals surface area contributed by atoms with Crippen molar-refractivity contribution < 1.29 is 4.79 Å². The number of nitrogens with zero attached hydrogens (tertiary/aromatic N) is 2. The van der Waals surface area contributed by atoms with Gasteiger partial charge in [0.25, 0.3) is 0 Å². The maximum absolute atomic E-state index is 13.8. The predicted molar refractivity (Wildman–Crippen MR) is 145 cm³/mol. The maximum Gasteiger partial charge on any atom is 0.233 e. The van der Waals surface area contributed by atoms with Gasteiger partial charge in [0.2, 0.25) is 5.91 Å². The molecule has 7 heteroatoms. The smallest absolute Gasteiger partial charge is 0.233 e. The van der Waals surface area contributed by atoms with Crippen LogP contribution in [0, 0.1) is 3.57 Å². The van der Waals surface area contributed by atoms with E-state index in [9.17, 15) is 4.79 Å². The van der Waals surface area contributed by atoms with Gasteiger partial charge >= 0.3 is 0 Å². The molecular weight excluding hydrogens is 590 g/mol. The van der Waals surface area contributed by atoms with Gasteiger partial charge in [-0.3, -0.25) is 4.79 Å². The summed E-state index contributed by atoms with van der Waals surface area (Å²) < 4.78 is 1.18. The first kappa shape index (κ1) is 23.3. The molecule has 0 spiro atoms. The Morgan fingerprint density at radius 1 is 0.879 bits per heavy atom. The molecule has 1 saturated heterocycles. The van der Waals surface area contributed by atoms with Crippen molar-refractivity contribution in [3.8, 4) is 0 Å². The van der Waals surface area contributed by atoms with E-state index in [-0.39, 0.29) is 17.4 Å². The van der Waals surface area contributed by atoms with Gasteiger partial charge in [-0.05, 0) is 89.0 Å². The zero-order valence-electron chi connectivity index (χ0n) is 17.8. The average Bonchev–Trinajstić information content (AvgIpc) is 3.61. The lowest BCUT2D eigenvalue weighted by Gasteiger charge is -2.44. The van der Waals surface area contributed by atoms with Gasteiger partial charge in [-0.2, -0.15) is 0 Å². The number of halogens is 4. The molecular formula is C26H22Cl3IN2O. The molecule has 1 amide bonds. The number of carbonyl (C=O) groups is 1. The number of rotatable bonds is 4. The summed E-state index contributed by atoms with van der Waals surface area (Å²) in [5, 5.41) is 1.90. The molecule has 3 aromatic carbocycles. The fraction of sp³-hybridized carbons (Fsp3) is 0.269. The van der Waals surface area contributed by atoms with E-state index in [4.69, 9.17) is 34.8 Å². The van der Waals surface area contributed by atoms with Gasteiger partial charge in [-0.25, -0.2) is 0 Å². The van der Waals surface area contributed by atoms with Crippen molar-refractivity contribution in [2.75, 3.05) is 24.5 Å². The molecule has 0 radical (unpaired) electrons. The van der Waals surface area contributed by atoms with Gasteiger partial charge in [-0.1, -0.05) is 59.1 Å². The first-order valence-electron chi connectivity index (χ1n) is 10.9. The van der Waals surface area contributed by atoms with Crippen LogP contribution in [0.15, 0.2) is 66.7 Å². The SMILES string of the molecule is O=C(N1CCN(c2ccc(Cl)cc2Cl)[C@H](c2ccc(Cl)cc2)C1)C1(c2ccc(I)cc2)CC1. The van der Waals surface area contributed by atoms with Crippen LogP contribution in [0.2, 0.25) is 15.1 Å². The molecule has 0 unspecified atom stereocenters. The van der Waals surface area contributed by atoms with Crippen LogP contribution in [0.4, 0.5) is 5.69 Å². The van der Waals surface area contributed by atoms with Crippen LogP contribution in [0.3, 0.4) is 0 Å². The van der Waals surface area contributed by atoms with Crippen molar-refractivity contribution in [2.45, 2.75) is 24.3 Å². The van der Waals surface area contributed by atoms with Crippen LogP contribution in [0.5, 0.6) is 0 Å². The molecule has 1 saturated carbocycles. The molecule has 170 valence electrons. The van der Waals surface area contributed by atoms with Gasteiger partial charge < -0.3 is 9.80 Å². The molecule has 3 aromatic rings. The Morgan fingerprint density at radius 2 is 1.55 bits per heavy atom. The summed E-state index contributed by atoms with van der Waals surface area (Å²) in [5.74, 6) is 0.226. The average molecular weight is 612 g/mol. The van der Waals surface area contributed by atoms with E-state index >= 15 is 0 Å². The Balaban J connectivity index is 1.46. The molecule has 0 bridgehead atoms. The topological polar surface area (TPSA) is 23.6 Å². The number of anilines is 1. The van der Waals surface area contributed by atoms with E-state index in [1.807, 2.05) is 41.3 Å². The van der Waals surface area contributed by atoms with E-state index in [0.717, 1.165) is 29.7 Å². The minimum absolute atomic E-state index is 0.0360. The van der Waals surface area contributed by atoms with Gasteiger partial charge in [-0.15, -0.1) is 0 Å². The molecule has 33 heavy (non-hydrogen) atoms. The van der Waals surface area contributed by atoms with Crippen LogP contribution in [0.1, 0.15) is 30.0 Å². The Bertz CT molecular complexity index is 1180. The summed E-state index contributed by atoms with van der Waals surface area (Å²) in [6.45, 7) is 1.92. The lowest BCUT2D eigenvalue weighted by Crippen LogP contribution is -2.53. The first-order valence-corrected chi connectivity index (χ1v) is 13.1. The third kappa shape index (κ3) is 4.60. The fourth-order valence-corrected chi connectivity index (χ4v) is 5.77. The van der Waals surface area contributed by atoms with Gasteiger partial charge in [0.05, 0.1) is 22.2 Å². The third-order valence-electron chi connectivity index (χ3n) is 6.70. The zero-order valence-corrected chi connectivity index (χ0v) is 22.2. The highest BCUT2D eigenvalue weighted by atomic mass is 127. The minimum atomic E-state index is -0.380. The highest BCUT2D eigenvalue weighted by molar-refractivity contribution is 14.1. The van der Waals surface area contributed by atoms with Crippen molar-refractivity contribution in [2.24, 2.45) is 0 Å². The van der Waals surface area contributed by atoms with Crippen LogP contribution in [0.25, 0.3) is 0 Å². The summed E-state index contributed by atoms with van der Waals surface area (Å²) in [5.41, 5.74) is 2.77. The van der Waals surface area contributed by atoms with Crippen molar-refractivity contribution in [1.29, 1.82) is 0 Å². The third-order valence-corrected chi connectivity index (χ3v) is 8.21. The maximum atomic E-state index is 13.8. The molecule has 1 atom stereocenters. The standard InChI is InChI=1S/C26H22Cl3IN2O/c27-19-5-1-17(2-6-19)24-16-31(13-14-32(24)23-10-7-20(28)15-22(23)29)25(33)26(11-12-26)18-3-8-21(30)9-4-18/h1-10,15,24H,11-14,16H2/t24-/m0/s1. The summed E-state index contributed by atoms with van der Waals surface area (Å²) in [6.07, 6.45) is 1.81. The molecule has 1 heterocycles. The zero-order chi connectivity index (χ0) is 23.2. The highest BCUT2D eigenvalue weighted by Crippen LogP contribution is 2.50. The molecule has 1 aliphatic heterocycles. The van der Waals surface area contributed by atoms with Crippen LogP contribution < -0.4 is 4.90 Å². The quantitative estimate of drug-likeness (QED) is 0.288. The van der Waals surface area contributed by atoms with Crippen LogP contribution in [-0.4, -0.2) is 30.4 Å². The summed E-state index contributed by atoms with van der Waals surface area (Å²) in [6, 6.07) is 21.8. The Hall–Kier alpha value is -1.47. The molecule has 0 aromatic heterocycles. The monoisotopic (exact) mass is 610 g/mol. The first-order chi connectivity index (χ1) is 15.9. The minimum Gasteiger partial charge on any atom is -0.360 e. The lowest BCUT2D eigenvalue weighted by atomic mass is 9.93. The second-order valence-corrected chi connectivity index (χ2v) is 11.2. The summed E-state index contributed by atoms with van der Waals surface area (Å²) >= 11 is 21.2. The van der Waals surface area contributed by atoms with E-state index < -0.39 is 0 Å². The molecule has 0 N–H and O–H groups in total. The van der Waals surface area contributed by atoms with Gasteiger partial charge in [0, 0.05) is 33.2 Å². The second-order valence-electron chi connectivity index (χ2n) is 8.70. The highest BCUT2D eigenvalue weighted by Gasteiger charge is 2.53. The molecule has 1 aliphatic carbocycles. The van der Waals surface area contributed by atoms with E-state index in [1.54, 1.807) is 6.07 Å². The number of amides is 1. The molecule has 2 fully saturated rings. The second kappa shape index (κ2) is 9.29. The van der Waals surface area contributed by atoms with Crippen molar-refractivity contribution >= 4 is 69.0 Å². The lowest BCUT2D eigenvalue weighted by molar-refractivity contribution is -0.134. The molecule has 5 rings (SSSR count). The summed E-state index contributed by atoms with van der Waals surface area (Å²) in [4.78, 5) is 18.1. The number of benzene rings is 3.